The number of nitrogens with zero attached hydrogens (tertiary/aromatic N) is 3. The molecule has 0 atom stereocenters. The van der Waals surface area contributed by atoms with Crippen LogP contribution in [0.25, 0.3) is 0 Å². The number of rotatable bonds is 3. The zero-order chi connectivity index (χ0) is 13.1. The van der Waals surface area contributed by atoms with E-state index in [0.717, 1.165) is 6.07 Å². The predicted octanol–water partition coefficient (Wildman–Crippen LogP) is 0.798. The fourth-order valence-corrected chi connectivity index (χ4v) is 1.22. The molecule has 0 aliphatic carbocycles. The fourth-order valence-electron chi connectivity index (χ4n) is 1.22. The number of hydrogen-bond donors (Lipinski definition) is 2. The monoisotopic (exact) mass is 257 g/mol. The van der Waals surface area contributed by atoms with E-state index in [1.54, 1.807) is 0 Å². The summed E-state index contributed by atoms with van der Waals surface area (Å²) in [6, 6.07) is 1.63. The number of hydrogen-bond acceptors (Lipinski definition) is 4. The van der Waals surface area contributed by atoms with Crippen LogP contribution < -0.4 is 5.32 Å². The van der Waals surface area contributed by atoms with Crippen molar-refractivity contribution in [2.45, 2.75) is 6.42 Å². The minimum absolute atomic E-state index is 0.0930. The van der Waals surface area contributed by atoms with Gasteiger partial charge in [-0.1, -0.05) is 5.21 Å². The van der Waals surface area contributed by atoms with Crippen molar-refractivity contribution in [1.82, 2.24) is 20.6 Å². The highest BCUT2D eigenvalue weighted by atomic mass is 19.2. The third kappa shape index (κ3) is 2.44. The number of anilines is 1. The SMILES string of the molecule is O=C(Cc1nn[nH]n1)Nc1ccc(F)c(F)c1F. The van der Waals surface area contributed by atoms with Gasteiger partial charge in [-0.05, 0) is 12.1 Å². The molecule has 0 bridgehead atoms. The van der Waals surface area contributed by atoms with Crippen molar-refractivity contribution in [1.29, 1.82) is 0 Å². The quantitative estimate of drug-likeness (QED) is 0.796. The van der Waals surface area contributed by atoms with Gasteiger partial charge in [0, 0.05) is 0 Å². The number of aromatic nitrogens is 4. The van der Waals surface area contributed by atoms with Gasteiger partial charge >= 0.3 is 0 Å². The maximum atomic E-state index is 13.2. The summed E-state index contributed by atoms with van der Waals surface area (Å²) in [6.45, 7) is 0. The van der Waals surface area contributed by atoms with E-state index in [2.05, 4.69) is 25.9 Å². The maximum Gasteiger partial charge on any atom is 0.232 e. The van der Waals surface area contributed by atoms with Crippen molar-refractivity contribution < 1.29 is 18.0 Å². The summed E-state index contributed by atoms with van der Waals surface area (Å²) < 4.78 is 38.7. The lowest BCUT2D eigenvalue weighted by Crippen LogP contribution is -2.16. The minimum Gasteiger partial charge on any atom is -0.323 e. The molecule has 2 aromatic rings. The molecule has 0 aliphatic heterocycles. The van der Waals surface area contributed by atoms with Crippen LogP contribution in [0.4, 0.5) is 18.9 Å². The molecule has 2 N–H and O–H groups in total. The number of aromatic amines is 1. The molecule has 0 spiro atoms. The van der Waals surface area contributed by atoms with Crippen LogP contribution in [-0.2, 0) is 11.2 Å². The number of carbonyl (C=O) groups excluding carboxylic acids is 1. The summed E-state index contributed by atoms with van der Waals surface area (Å²) in [5.74, 6) is -5.02. The standard InChI is InChI=1S/C9H6F3N5O/c10-4-1-2-5(9(12)8(4)11)13-7(18)3-6-14-16-17-15-6/h1-2H,3H2,(H,13,18)(H,14,15,16,17). The Morgan fingerprint density at radius 2 is 2.06 bits per heavy atom. The summed E-state index contributed by atoms with van der Waals surface area (Å²) in [5, 5.41) is 14.5. The second kappa shape index (κ2) is 4.82. The molecule has 1 amide bonds. The van der Waals surface area contributed by atoms with E-state index in [9.17, 15) is 18.0 Å². The third-order valence-electron chi connectivity index (χ3n) is 2.02. The lowest BCUT2D eigenvalue weighted by atomic mass is 10.2. The van der Waals surface area contributed by atoms with Crippen LogP contribution in [0.2, 0.25) is 0 Å². The molecule has 18 heavy (non-hydrogen) atoms. The number of tetrazole rings is 1. The van der Waals surface area contributed by atoms with E-state index < -0.39 is 29.0 Å². The van der Waals surface area contributed by atoms with Crippen LogP contribution in [0.5, 0.6) is 0 Å². The Morgan fingerprint density at radius 3 is 2.72 bits per heavy atom. The highest BCUT2D eigenvalue weighted by Crippen LogP contribution is 2.19. The zero-order valence-corrected chi connectivity index (χ0v) is 8.75. The van der Waals surface area contributed by atoms with Crippen LogP contribution in [-0.4, -0.2) is 26.5 Å². The smallest absolute Gasteiger partial charge is 0.232 e. The molecule has 1 heterocycles. The molecule has 0 radical (unpaired) electrons. The molecule has 1 aromatic heterocycles. The second-order valence-electron chi connectivity index (χ2n) is 3.28. The summed E-state index contributed by atoms with van der Waals surface area (Å²) >= 11 is 0. The van der Waals surface area contributed by atoms with Gasteiger partial charge < -0.3 is 5.32 Å². The zero-order valence-electron chi connectivity index (χ0n) is 8.75. The van der Waals surface area contributed by atoms with E-state index in [1.807, 2.05) is 0 Å². The van der Waals surface area contributed by atoms with Crippen molar-refractivity contribution >= 4 is 11.6 Å². The number of H-pyrrole nitrogens is 1. The minimum atomic E-state index is -1.65. The van der Waals surface area contributed by atoms with Gasteiger partial charge in [0.15, 0.2) is 23.3 Å². The van der Waals surface area contributed by atoms with E-state index in [1.165, 1.54) is 0 Å². The van der Waals surface area contributed by atoms with E-state index >= 15 is 0 Å². The lowest BCUT2D eigenvalue weighted by Gasteiger charge is -2.05. The van der Waals surface area contributed by atoms with Crippen molar-refractivity contribution in [3.8, 4) is 0 Å². The molecular weight excluding hydrogens is 251 g/mol. The van der Waals surface area contributed by atoms with Crippen molar-refractivity contribution in [2.75, 3.05) is 5.32 Å². The molecule has 1 aromatic carbocycles. The predicted molar refractivity (Wildman–Crippen MR) is 52.8 cm³/mol. The first kappa shape index (κ1) is 12.0. The van der Waals surface area contributed by atoms with Gasteiger partial charge in [-0.15, -0.1) is 10.2 Å². The van der Waals surface area contributed by atoms with Crippen LogP contribution in [0.15, 0.2) is 12.1 Å². The maximum absolute atomic E-state index is 13.2. The normalized spacial score (nSPS) is 10.4. The van der Waals surface area contributed by atoms with Crippen LogP contribution in [0.1, 0.15) is 5.82 Å². The van der Waals surface area contributed by atoms with Crippen molar-refractivity contribution in [2.24, 2.45) is 0 Å². The summed E-state index contributed by atoms with van der Waals surface area (Å²) in [4.78, 5) is 11.4. The number of benzene rings is 1. The molecule has 0 saturated carbocycles. The average Bonchev–Trinajstić information content (AvgIpc) is 2.83. The first-order chi connectivity index (χ1) is 8.58. The van der Waals surface area contributed by atoms with Gasteiger partial charge in [0.25, 0.3) is 0 Å². The van der Waals surface area contributed by atoms with E-state index in [4.69, 9.17) is 0 Å². The Balaban J connectivity index is 2.10. The first-order valence-corrected chi connectivity index (χ1v) is 4.73. The van der Waals surface area contributed by atoms with Gasteiger partial charge in [-0.25, -0.2) is 13.2 Å². The largest absolute Gasteiger partial charge is 0.323 e. The first-order valence-electron chi connectivity index (χ1n) is 4.73. The fraction of sp³-hybridized carbons (Fsp3) is 0.111. The highest BCUT2D eigenvalue weighted by molar-refractivity contribution is 5.91. The Labute approximate surface area is 98.2 Å². The van der Waals surface area contributed by atoms with Crippen LogP contribution >= 0.6 is 0 Å². The van der Waals surface area contributed by atoms with E-state index in [0.29, 0.717) is 6.07 Å². The molecule has 0 saturated heterocycles. The molecule has 94 valence electrons. The number of nitrogens with one attached hydrogen (secondary N) is 2. The summed E-state index contributed by atoms with van der Waals surface area (Å²) in [6.07, 6.45) is -0.269. The Morgan fingerprint density at radius 1 is 1.28 bits per heavy atom. The van der Waals surface area contributed by atoms with Crippen molar-refractivity contribution in [3.63, 3.8) is 0 Å². The van der Waals surface area contributed by atoms with Gasteiger partial charge in [0.05, 0.1) is 12.1 Å². The molecular formula is C9H6F3N5O. The van der Waals surface area contributed by atoms with Gasteiger partial charge in [0.1, 0.15) is 0 Å². The van der Waals surface area contributed by atoms with Crippen LogP contribution in [0.3, 0.4) is 0 Å². The molecule has 0 aliphatic rings. The molecule has 0 unspecified atom stereocenters. The van der Waals surface area contributed by atoms with Gasteiger partial charge in [-0.2, -0.15) is 5.21 Å². The molecule has 2 rings (SSSR count). The van der Waals surface area contributed by atoms with Crippen LogP contribution in [0, 0.1) is 17.5 Å². The van der Waals surface area contributed by atoms with Gasteiger partial charge in [0.2, 0.25) is 5.91 Å². The molecule has 6 nitrogen and oxygen atoms in total. The summed E-state index contributed by atoms with van der Waals surface area (Å²) in [5.41, 5.74) is -0.456. The Kier molecular flexibility index (Phi) is 3.22. The molecule has 0 fully saturated rings. The number of halogens is 3. The Bertz CT molecular complexity index is 572. The highest BCUT2D eigenvalue weighted by Gasteiger charge is 2.16. The average molecular weight is 257 g/mol. The Hall–Kier alpha value is -2.45. The lowest BCUT2D eigenvalue weighted by molar-refractivity contribution is -0.115. The van der Waals surface area contributed by atoms with Gasteiger partial charge in [-0.3, -0.25) is 4.79 Å². The second-order valence-corrected chi connectivity index (χ2v) is 3.28. The number of amides is 1. The topological polar surface area (TPSA) is 83.6 Å². The molecule has 9 heteroatoms. The van der Waals surface area contributed by atoms with E-state index in [-0.39, 0.29) is 12.2 Å². The summed E-state index contributed by atoms with van der Waals surface area (Å²) in [7, 11) is 0. The number of carbonyl (C=O) groups is 1. The van der Waals surface area contributed by atoms with Crippen molar-refractivity contribution in [3.05, 3.63) is 35.4 Å². The third-order valence-corrected chi connectivity index (χ3v) is 2.02.